The standard InChI is InChI=1S/C16H23NO2/c17-15(18)11-5-9-13-8-4-10-14(16(13)19)12-6-2-1-3-7-12/h4,8,10,12,19H,1-3,5-7,9,11H2,(H2,17,18). The molecule has 1 fully saturated rings. The van der Waals surface area contributed by atoms with E-state index in [0.717, 1.165) is 17.5 Å². The summed E-state index contributed by atoms with van der Waals surface area (Å²) in [6, 6.07) is 6.01. The zero-order chi connectivity index (χ0) is 13.7. The number of primary amides is 1. The minimum absolute atomic E-state index is 0.275. The second-order valence-electron chi connectivity index (χ2n) is 5.51. The third-order valence-electron chi connectivity index (χ3n) is 4.07. The van der Waals surface area contributed by atoms with Crippen molar-refractivity contribution in [3.8, 4) is 5.75 Å². The highest BCUT2D eigenvalue weighted by atomic mass is 16.3. The Balaban J connectivity index is 2.06. The SMILES string of the molecule is NC(=O)CCCc1cccc(C2CCCCC2)c1O. The molecule has 1 aromatic rings. The lowest BCUT2D eigenvalue weighted by molar-refractivity contribution is -0.118. The van der Waals surface area contributed by atoms with Crippen molar-refractivity contribution >= 4 is 5.91 Å². The van der Waals surface area contributed by atoms with Gasteiger partial charge in [-0.25, -0.2) is 0 Å². The molecular formula is C16H23NO2. The van der Waals surface area contributed by atoms with Gasteiger partial charge in [0.1, 0.15) is 5.75 Å². The predicted octanol–water partition coefficient (Wildman–Crippen LogP) is 3.25. The highest BCUT2D eigenvalue weighted by Gasteiger charge is 2.19. The molecule has 0 saturated heterocycles. The molecule has 1 saturated carbocycles. The van der Waals surface area contributed by atoms with Crippen molar-refractivity contribution in [2.24, 2.45) is 5.73 Å². The summed E-state index contributed by atoms with van der Waals surface area (Å²) in [4.78, 5) is 10.7. The van der Waals surface area contributed by atoms with Crippen LogP contribution in [0.4, 0.5) is 0 Å². The molecule has 0 radical (unpaired) electrons. The molecule has 3 nitrogen and oxygen atoms in total. The van der Waals surface area contributed by atoms with Gasteiger partial charge in [-0.15, -0.1) is 0 Å². The monoisotopic (exact) mass is 261 g/mol. The molecule has 0 spiro atoms. The topological polar surface area (TPSA) is 63.3 Å². The number of nitrogens with two attached hydrogens (primary N) is 1. The van der Waals surface area contributed by atoms with Crippen LogP contribution in [0.25, 0.3) is 0 Å². The highest BCUT2D eigenvalue weighted by Crippen LogP contribution is 2.38. The van der Waals surface area contributed by atoms with Gasteiger partial charge < -0.3 is 10.8 Å². The molecule has 0 heterocycles. The Hall–Kier alpha value is -1.51. The number of phenols is 1. The first-order chi connectivity index (χ1) is 9.18. The normalized spacial score (nSPS) is 16.4. The number of aryl methyl sites for hydroxylation is 1. The third-order valence-corrected chi connectivity index (χ3v) is 4.07. The summed E-state index contributed by atoms with van der Waals surface area (Å²) in [7, 11) is 0. The Bertz CT molecular complexity index is 436. The predicted molar refractivity (Wildman–Crippen MR) is 76.1 cm³/mol. The first kappa shape index (κ1) is 13.9. The Morgan fingerprint density at radius 2 is 2.00 bits per heavy atom. The highest BCUT2D eigenvalue weighted by molar-refractivity contribution is 5.73. The van der Waals surface area contributed by atoms with E-state index in [1.165, 1.54) is 32.1 Å². The molecule has 0 aromatic heterocycles. The molecule has 1 aliphatic carbocycles. The lowest BCUT2D eigenvalue weighted by Gasteiger charge is -2.23. The van der Waals surface area contributed by atoms with Crippen LogP contribution in [0.5, 0.6) is 5.75 Å². The molecule has 0 atom stereocenters. The summed E-state index contributed by atoms with van der Waals surface area (Å²) >= 11 is 0. The fourth-order valence-electron chi connectivity index (χ4n) is 3.01. The zero-order valence-corrected chi connectivity index (χ0v) is 11.4. The van der Waals surface area contributed by atoms with E-state index in [1.54, 1.807) is 0 Å². The van der Waals surface area contributed by atoms with Gasteiger partial charge >= 0.3 is 0 Å². The van der Waals surface area contributed by atoms with Crippen LogP contribution in [0.1, 0.15) is 62.0 Å². The molecule has 19 heavy (non-hydrogen) atoms. The second-order valence-corrected chi connectivity index (χ2v) is 5.51. The van der Waals surface area contributed by atoms with Gasteiger partial charge in [-0.05, 0) is 42.7 Å². The van der Waals surface area contributed by atoms with E-state index < -0.39 is 0 Å². The Labute approximate surface area is 114 Å². The number of para-hydroxylation sites is 1. The molecule has 0 aliphatic heterocycles. The summed E-state index contributed by atoms with van der Waals surface area (Å²) in [5, 5.41) is 10.4. The van der Waals surface area contributed by atoms with Crippen molar-refractivity contribution in [1.29, 1.82) is 0 Å². The van der Waals surface area contributed by atoms with Gasteiger partial charge in [0.2, 0.25) is 5.91 Å². The van der Waals surface area contributed by atoms with Gasteiger partial charge in [0.05, 0.1) is 0 Å². The van der Waals surface area contributed by atoms with Crippen molar-refractivity contribution in [3.05, 3.63) is 29.3 Å². The molecule has 0 bridgehead atoms. The lowest BCUT2D eigenvalue weighted by atomic mass is 9.83. The maximum absolute atomic E-state index is 10.7. The van der Waals surface area contributed by atoms with E-state index in [0.29, 0.717) is 24.5 Å². The van der Waals surface area contributed by atoms with Crippen LogP contribution >= 0.6 is 0 Å². The van der Waals surface area contributed by atoms with Gasteiger partial charge in [0.15, 0.2) is 0 Å². The molecule has 1 aromatic carbocycles. The Morgan fingerprint density at radius 3 is 2.68 bits per heavy atom. The van der Waals surface area contributed by atoms with Crippen LogP contribution in [0, 0.1) is 0 Å². The fraction of sp³-hybridized carbons (Fsp3) is 0.562. The zero-order valence-electron chi connectivity index (χ0n) is 11.4. The van der Waals surface area contributed by atoms with E-state index in [1.807, 2.05) is 18.2 Å². The molecule has 3 N–H and O–H groups in total. The van der Waals surface area contributed by atoms with Crippen LogP contribution in [0.2, 0.25) is 0 Å². The van der Waals surface area contributed by atoms with Gasteiger partial charge in [-0.1, -0.05) is 37.5 Å². The second kappa shape index (κ2) is 6.60. The van der Waals surface area contributed by atoms with Gasteiger partial charge in [0, 0.05) is 6.42 Å². The fourth-order valence-corrected chi connectivity index (χ4v) is 3.01. The quantitative estimate of drug-likeness (QED) is 0.854. The van der Waals surface area contributed by atoms with E-state index in [4.69, 9.17) is 5.73 Å². The summed E-state index contributed by atoms with van der Waals surface area (Å²) in [5.74, 6) is 0.673. The first-order valence-corrected chi connectivity index (χ1v) is 7.27. The smallest absolute Gasteiger partial charge is 0.217 e. The molecule has 0 unspecified atom stereocenters. The molecule has 2 rings (SSSR count). The third kappa shape index (κ3) is 3.72. The van der Waals surface area contributed by atoms with E-state index in [-0.39, 0.29) is 5.91 Å². The molecule has 3 heteroatoms. The summed E-state index contributed by atoms with van der Waals surface area (Å²) in [6.45, 7) is 0. The molecule has 1 amide bonds. The van der Waals surface area contributed by atoms with Crippen LogP contribution in [-0.4, -0.2) is 11.0 Å². The number of carbonyl (C=O) groups excluding carboxylic acids is 1. The average Bonchev–Trinajstić information content (AvgIpc) is 2.41. The summed E-state index contributed by atoms with van der Waals surface area (Å²) in [6.07, 6.45) is 8.00. The maximum atomic E-state index is 10.7. The van der Waals surface area contributed by atoms with Crippen LogP contribution in [-0.2, 0) is 11.2 Å². The Morgan fingerprint density at radius 1 is 1.26 bits per heavy atom. The number of hydrogen-bond acceptors (Lipinski definition) is 2. The number of rotatable bonds is 5. The van der Waals surface area contributed by atoms with E-state index in [2.05, 4.69) is 0 Å². The number of hydrogen-bond donors (Lipinski definition) is 2. The van der Waals surface area contributed by atoms with Crippen LogP contribution < -0.4 is 5.73 Å². The van der Waals surface area contributed by atoms with Crippen LogP contribution in [0.3, 0.4) is 0 Å². The molecule has 1 aliphatic rings. The number of phenolic OH excluding ortho intramolecular Hbond substituents is 1. The maximum Gasteiger partial charge on any atom is 0.217 e. The Kier molecular flexibility index (Phi) is 4.83. The number of aromatic hydroxyl groups is 1. The van der Waals surface area contributed by atoms with Crippen molar-refractivity contribution in [2.75, 3.05) is 0 Å². The van der Waals surface area contributed by atoms with Gasteiger partial charge in [-0.3, -0.25) is 4.79 Å². The minimum atomic E-state index is -0.275. The van der Waals surface area contributed by atoms with Crippen molar-refractivity contribution in [2.45, 2.75) is 57.3 Å². The van der Waals surface area contributed by atoms with Gasteiger partial charge in [0.25, 0.3) is 0 Å². The summed E-state index contributed by atoms with van der Waals surface area (Å²) < 4.78 is 0. The van der Waals surface area contributed by atoms with Crippen LogP contribution in [0.15, 0.2) is 18.2 Å². The largest absolute Gasteiger partial charge is 0.507 e. The number of carbonyl (C=O) groups is 1. The molecule has 104 valence electrons. The van der Waals surface area contributed by atoms with Gasteiger partial charge in [-0.2, -0.15) is 0 Å². The molecular weight excluding hydrogens is 238 g/mol. The number of benzene rings is 1. The van der Waals surface area contributed by atoms with E-state index >= 15 is 0 Å². The summed E-state index contributed by atoms with van der Waals surface area (Å²) in [5.41, 5.74) is 7.18. The number of amides is 1. The van der Waals surface area contributed by atoms with Crippen molar-refractivity contribution in [3.63, 3.8) is 0 Å². The first-order valence-electron chi connectivity index (χ1n) is 7.27. The average molecular weight is 261 g/mol. The van der Waals surface area contributed by atoms with E-state index in [9.17, 15) is 9.90 Å². The minimum Gasteiger partial charge on any atom is -0.507 e. The van der Waals surface area contributed by atoms with Crippen molar-refractivity contribution < 1.29 is 9.90 Å². The van der Waals surface area contributed by atoms with Crippen molar-refractivity contribution in [1.82, 2.24) is 0 Å². The lowest BCUT2D eigenvalue weighted by Crippen LogP contribution is -2.10.